The molecule has 0 atom stereocenters. The van der Waals surface area contributed by atoms with E-state index in [9.17, 15) is 13.9 Å². The van der Waals surface area contributed by atoms with Crippen molar-refractivity contribution < 1.29 is 18.6 Å². The highest BCUT2D eigenvalue weighted by Crippen LogP contribution is 2.44. The van der Waals surface area contributed by atoms with Gasteiger partial charge >= 0.3 is 0 Å². The van der Waals surface area contributed by atoms with Crippen molar-refractivity contribution >= 4 is 0 Å². The molecule has 0 spiro atoms. The third kappa shape index (κ3) is 1.56. The SMILES string of the molecule is COc1c(C2(N)CC(O)C2)ccc(F)c1F. The first-order chi connectivity index (χ1) is 7.48. The Kier molecular flexibility index (Phi) is 2.59. The molecule has 0 aromatic heterocycles. The molecule has 88 valence electrons. The van der Waals surface area contributed by atoms with Gasteiger partial charge in [0.15, 0.2) is 11.6 Å². The second-order valence-electron chi connectivity index (χ2n) is 4.16. The minimum Gasteiger partial charge on any atom is -0.493 e. The topological polar surface area (TPSA) is 55.5 Å². The van der Waals surface area contributed by atoms with E-state index in [0.717, 1.165) is 6.07 Å². The van der Waals surface area contributed by atoms with E-state index in [0.29, 0.717) is 18.4 Å². The molecule has 0 saturated heterocycles. The summed E-state index contributed by atoms with van der Waals surface area (Å²) < 4.78 is 31.3. The Labute approximate surface area is 91.8 Å². The van der Waals surface area contributed by atoms with Gasteiger partial charge in [-0.05, 0) is 18.9 Å². The lowest BCUT2D eigenvalue weighted by molar-refractivity contribution is 0.0195. The smallest absolute Gasteiger partial charge is 0.200 e. The van der Waals surface area contributed by atoms with Gasteiger partial charge in [-0.1, -0.05) is 6.07 Å². The maximum absolute atomic E-state index is 13.4. The van der Waals surface area contributed by atoms with Crippen molar-refractivity contribution in [1.29, 1.82) is 0 Å². The van der Waals surface area contributed by atoms with E-state index < -0.39 is 23.3 Å². The number of hydrogen-bond donors (Lipinski definition) is 2. The number of halogens is 2. The molecule has 1 aliphatic carbocycles. The number of aliphatic hydroxyl groups excluding tert-OH is 1. The maximum atomic E-state index is 13.4. The van der Waals surface area contributed by atoms with Crippen molar-refractivity contribution in [1.82, 2.24) is 0 Å². The highest BCUT2D eigenvalue weighted by Gasteiger charge is 2.44. The molecule has 0 radical (unpaired) electrons. The Balaban J connectivity index is 2.45. The van der Waals surface area contributed by atoms with Crippen LogP contribution in [0.3, 0.4) is 0 Å². The molecule has 0 bridgehead atoms. The van der Waals surface area contributed by atoms with Crippen molar-refractivity contribution in [3.8, 4) is 5.75 Å². The highest BCUT2D eigenvalue weighted by atomic mass is 19.2. The molecule has 0 unspecified atom stereocenters. The number of nitrogens with two attached hydrogens (primary N) is 1. The van der Waals surface area contributed by atoms with E-state index in [4.69, 9.17) is 10.5 Å². The molecular formula is C11H13F2NO2. The summed E-state index contributed by atoms with van der Waals surface area (Å²) in [4.78, 5) is 0. The molecule has 2 rings (SSSR count). The van der Waals surface area contributed by atoms with Gasteiger partial charge < -0.3 is 15.6 Å². The average molecular weight is 229 g/mol. The van der Waals surface area contributed by atoms with Crippen LogP contribution in [0.4, 0.5) is 8.78 Å². The summed E-state index contributed by atoms with van der Waals surface area (Å²) in [5.74, 6) is -2.18. The second-order valence-corrected chi connectivity index (χ2v) is 4.16. The molecule has 0 aliphatic heterocycles. The van der Waals surface area contributed by atoms with Crippen LogP contribution in [0.5, 0.6) is 5.75 Å². The molecule has 1 aromatic carbocycles. The van der Waals surface area contributed by atoms with Crippen LogP contribution in [0.15, 0.2) is 12.1 Å². The van der Waals surface area contributed by atoms with Crippen molar-refractivity contribution in [2.45, 2.75) is 24.5 Å². The number of methoxy groups -OCH3 is 1. The fraction of sp³-hybridized carbons (Fsp3) is 0.455. The molecule has 1 fully saturated rings. The number of rotatable bonds is 2. The highest BCUT2D eigenvalue weighted by molar-refractivity contribution is 5.42. The number of aliphatic hydroxyl groups is 1. The molecule has 1 aliphatic rings. The summed E-state index contributed by atoms with van der Waals surface area (Å²) in [6, 6.07) is 2.43. The quantitative estimate of drug-likeness (QED) is 0.803. The van der Waals surface area contributed by atoms with Gasteiger partial charge in [0.1, 0.15) is 0 Å². The zero-order valence-electron chi connectivity index (χ0n) is 8.84. The zero-order valence-corrected chi connectivity index (χ0v) is 8.84. The Morgan fingerprint density at radius 3 is 2.56 bits per heavy atom. The summed E-state index contributed by atoms with van der Waals surface area (Å²) in [5.41, 5.74) is 5.56. The van der Waals surface area contributed by atoms with Gasteiger partial charge in [-0.3, -0.25) is 0 Å². The molecule has 5 heteroatoms. The number of benzene rings is 1. The van der Waals surface area contributed by atoms with Gasteiger partial charge in [-0.2, -0.15) is 4.39 Å². The Hall–Kier alpha value is -1.20. The van der Waals surface area contributed by atoms with Crippen LogP contribution in [0.2, 0.25) is 0 Å². The van der Waals surface area contributed by atoms with E-state index in [2.05, 4.69) is 0 Å². The van der Waals surface area contributed by atoms with Gasteiger partial charge in [0, 0.05) is 11.1 Å². The first-order valence-electron chi connectivity index (χ1n) is 4.97. The lowest BCUT2D eigenvalue weighted by Crippen LogP contribution is -2.51. The lowest BCUT2D eigenvalue weighted by atomic mass is 9.70. The van der Waals surface area contributed by atoms with Crippen LogP contribution in [-0.2, 0) is 5.54 Å². The van der Waals surface area contributed by atoms with Crippen LogP contribution in [0, 0.1) is 11.6 Å². The molecule has 16 heavy (non-hydrogen) atoms. The standard InChI is InChI=1S/C11H13F2NO2/c1-16-10-7(2-3-8(12)9(10)13)11(14)4-6(15)5-11/h2-3,6,15H,4-5,14H2,1H3. The van der Waals surface area contributed by atoms with Crippen LogP contribution in [0.25, 0.3) is 0 Å². The summed E-state index contributed by atoms with van der Waals surface area (Å²) in [5, 5.41) is 9.24. The minimum absolute atomic E-state index is 0.172. The van der Waals surface area contributed by atoms with E-state index in [-0.39, 0.29) is 5.75 Å². The molecule has 3 N–H and O–H groups in total. The van der Waals surface area contributed by atoms with Crippen molar-refractivity contribution in [2.24, 2.45) is 5.73 Å². The molecule has 1 aromatic rings. The molecular weight excluding hydrogens is 216 g/mol. The predicted molar refractivity (Wildman–Crippen MR) is 54.0 cm³/mol. The maximum Gasteiger partial charge on any atom is 0.200 e. The zero-order chi connectivity index (χ0) is 11.9. The molecule has 3 nitrogen and oxygen atoms in total. The monoisotopic (exact) mass is 229 g/mol. The fourth-order valence-electron chi connectivity index (χ4n) is 2.12. The molecule has 1 saturated carbocycles. The normalized spacial score (nSPS) is 28.7. The number of ether oxygens (including phenoxy) is 1. The fourth-order valence-corrected chi connectivity index (χ4v) is 2.12. The largest absolute Gasteiger partial charge is 0.493 e. The minimum atomic E-state index is -1.04. The Morgan fingerprint density at radius 2 is 2.06 bits per heavy atom. The second kappa shape index (κ2) is 3.68. The lowest BCUT2D eigenvalue weighted by Gasteiger charge is -2.43. The first kappa shape index (κ1) is 11.3. The summed E-state index contributed by atoms with van der Waals surface area (Å²) >= 11 is 0. The van der Waals surface area contributed by atoms with Crippen molar-refractivity contribution in [3.05, 3.63) is 29.3 Å². The van der Waals surface area contributed by atoms with Gasteiger partial charge in [0.25, 0.3) is 0 Å². The Bertz CT molecular complexity index is 417. The van der Waals surface area contributed by atoms with Crippen molar-refractivity contribution in [2.75, 3.05) is 7.11 Å². The predicted octanol–water partition coefficient (Wildman–Crippen LogP) is 1.28. The van der Waals surface area contributed by atoms with E-state index in [1.807, 2.05) is 0 Å². The third-order valence-corrected chi connectivity index (χ3v) is 2.99. The van der Waals surface area contributed by atoms with Crippen LogP contribution in [0.1, 0.15) is 18.4 Å². The number of hydrogen-bond acceptors (Lipinski definition) is 3. The van der Waals surface area contributed by atoms with Gasteiger partial charge in [0.05, 0.1) is 13.2 Å². The van der Waals surface area contributed by atoms with Crippen LogP contribution >= 0.6 is 0 Å². The molecule has 0 amide bonds. The van der Waals surface area contributed by atoms with E-state index in [1.54, 1.807) is 0 Å². The van der Waals surface area contributed by atoms with Gasteiger partial charge in [-0.15, -0.1) is 0 Å². The van der Waals surface area contributed by atoms with E-state index in [1.165, 1.54) is 13.2 Å². The average Bonchev–Trinajstić information content (AvgIpc) is 2.19. The first-order valence-corrected chi connectivity index (χ1v) is 4.97. The Morgan fingerprint density at radius 1 is 1.44 bits per heavy atom. The van der Waals surface area contributed by atoms with Crippen LogP contribution < -0.4 is 10.5 Å². The van der Waals surface area contributed by atoms with Crippen LogP contribution in [-0.4, -0.2) is 18.3 Å². The summed E-state index contributed by atoms with van der Waals surface area (Å²) in [6.45, 7) is 0. The summed E-state index contributed by atoms with van der Waals surface area (Å²) in [6.07, 6.45) is 0.172. The van der Waals surface area contributed by atoms with Gasteiger partial charge in [-0.25, -0.2) is 4.39 Å². The third-order valence-electron chi connectivity index (χ3n) is 2.99. The summed E-state index contributed by atoms with van der Waals surface area (Å²) in [7, 11) is 1.26. The van der Waals surface area contributed by atoms with Gasteiger partial charge in [0.2, 0.25) is 5.82 Å². The van der Waals surface area contributed by atoms with E-state index >= 15 is 0 Å². The molecule has 0 heterocycles. The van der Waals surface area contributed by atoms with Crippen molar-refractivity contribution in [3.63, 3.8) is 0 Å².